The third kappa shape index (κ3) is 4.89. The van der Waals surface area contributed by atoms with Crippen LogP contribution in [0.3, 0.4) is 0 Å². The van der Waals surface area contributed by atoms with Gasteiger partial charge in [0.05, 0.1) is 18.3 Å². The molecule has 15 atom stereocenters. The Balaban J connectivity index is 1.78. The second-order valence-corrected chi connectivity index (χ2v) is 8.29. The Morgan fingerprint density at radius 1 is 0.452 bits per heavy atom. The Morgan fingerprint density at radius 3 is 1.29 bits per heavy atom. The van der Waals surface area contributed by atoms with Gasteiger partial charge in [-0.1, -0.05) is 0 Å². The van der Waals surface area contributed by atoms with E-state index in [-0.39, 0.29) is 0 Å². The Morgan fingerprint density at radius 2 is 0.839 bits per heavy atom. The van der Waals surface area contributed by atoms with E-state index in [0.29, 0.717) is 0 Å². The molecule has 0 radical (unpaired) electrons. The molecular formula is C18H32O13. The summed E-state index contributed by atoms with van der Waals surface area (Å²) in [5, 5.41) is 81.0. The molecule has 3 saturated heterocycles. The normalized spacial score (nSPS) is 56.4. The molecule has 3 heterocycles. The fourth-order valence-electron chi connectivity index (χ4n) is 3.87. The maximum atomic E-state index is 10.6. The first-order valence-electron chi connectivity index (χ1n) is 10.2. The molecule has 0 spiro atoms. The molecule has 31 heavy (non-hydrogen) atoms. The molecule has 182 valence electrons. The van der Waals surface area contributed by atoms with Gasteiger partial charge >= 0.3 is 0 Å². The highest BCUT2D eigenvalue weighted by atomic mass is 16.8. The van der Waals surface area contributed by atoms with Crippen molar-refractivity contribution in [1.29, 1.82) is 0 Å². The first kappa shape index (κ1) is 25.1. The summed E-state index contributed by atoms with van der Waals surface area (Å²) in [6.07, 6.45) is -21.1. The Labute approximate surface area is 178 Å². The Kier molecular flexibility index (Phi) is 7.91. The zero-order valence-electron chi connectivity index (χ0n) is 17.3. The minimum absolute atomic E-state index is 0.914. The Bertz CT molecular complexity index is 595. The number of ether oxygens (including phenoxy) is 5. The zero-order valence-corrected chi connectivity index (χ0v) is 17.3. The van der Waals surface area contributed by atoms with Crippen LogP contribution in [0.25, 0.3) is 0 Å². The van der Waals surface area contributed by atoms with Gasteiger partial charge in [-0.25, -0.2) is 0 Å². The average Bonchev–Trinajstić information content (AvgIpc) is 2.72. The minimum atomic E-state index is -1.69. The number of aliphatic hydroxyl groups is 8. The van der Waals surface area contributed by atoms with Gasteiger partial charge in [-0.05, 0) is 20.8 Å². The van der Waals surface area contributed by atoms with Crippen LogP contribution in [0.4, 0.5) is 0 Å². The van der Waals surface area contributed by atoms with E-state index in [1.54, 1.807) is 0 Å². The summed E-state index contributed by atoms with van der Waals surface area (Å²) in [6.45, 7) is 4.34. The molecule has 0 aromatic heterocycles. The number of aliphatic hydroxyl groups excluding tert-OH is 8. The molecule has 0 bridgehead atoms. The lowest BCUT2D eigenvalue weighted by atomic mass is 9.97. The van der Waals surface area contributed by atoms with Gasteiger partial charge in [0.15, 0.2) is 18.9 Å². The lowest BCUT2D eigenvalue weighted by Gasteiger charge is -2.47. The van der Waals surface area contributed by atoms with Gasteiger partial charge in [-0.3, -0.25) is 0 Å². The summed E-state index contributed by atoms with van der Waals surface area (Å²) >= 11 is 0. The first-order valence-corrected chi connectivity index (χ1v) is 10.2. The Hall–Kier alpha value is -0.520. The van der Waals surface area contributed by atoms with Gasteiger partial charge in [0, 0.05) is 0 Å². The molecule has 13 heteroatoms. The summed E-state index contributed by atoms with van der Waals surface area (Å²) < 4.78 is 27.2. The zero-order chi connectivity index (χ0) is 23.2. The van der Waals surface area contributed by atoms with Gasteiger partial charge < -0.3 is 64.5 Å². The van der Waals surface area contributed by atoms with Crippen molar-refractivity contribution in [2.24, 2.45) is 0 Å². The van der Waals surface area contributed by atoms with E-state index in [9.17, 15) is 40.9 Å². The van der Waals surface area contributed by atoms with Gasteiger partial charge in [0.25, 0.3) is 0 Å². The van der Waals surface area contributed by atoms with Crippen molar-refractivity contribution in [1.82, 2.24) is 0 Å². The van der Waals surface area contributed by atoms with Crippen LogP contribution in [0.5, 0.6) is 0 Å². The first-order chi connectivity index (χ1) is 14.4. The average molecular weight is 456 g/mol. The van der Waals surface area contributed by atoms with Gasteiger partial charge in [-0.15, -0.1) is 0 Å². The second kappa shape index (κ2) is 9.77. The molecule has 0 aliphatic carbocycles. The standard InChI is InChI=1S/C18H32O13/c1-4-7(19)10(22)12(24)17(28-4)30-14-9(21)6(3)27-16(26)15(14)31-18-13(25)11(23)8(20)5(2)29-18/h4-26H,1-3H3/t4-,5-,6-,7+,8-,9-,10+,11+,12-,13+,14+,15+,16?,17+,18-/m0/s1. The fourth-order valence-corrected chi connectivity index (χ4v) is 3.87. The van der Waals surface area contributed by atoms with Crippen molar-refractivity contribution in [2.45, 2.75) is 113 Å². The van der Waals surface area contributed by atoms with Crippen LogP contribution in [-0.2, 0) is 23.7 Å². The fraction of sp³-hybridized carbons (Fsp3) is 1.00. The predicted molar refractivity (Wildman–Crippen MR) is 97.0 cm³/mol. The topological polar surface area (TPSA) is 208 Å². The van der Waals surface area contributed by atoms with Crippen LogP contribution < -0.4 is 0 Å². The molecule has 13 nitrogen and oxygen atoms in total. The number of hydrogen-bond acceptors (Lipinski definition) is 13. The van der Waals surface area contributed by atoms with Crippen molar-refractivity contribution in [3.63, 3.8) is 0 Å². The lowest BCUT2D eigenvalue weighted by Crippen LogP contribution is -2.65. The smallest absolute Gasteiger partial charge is 0.187 e. The highest BCUT2D eigenvalue weighted by Gasteiger charge is 2.52. The van der Waals surface area contributed by atoms with E-state index in [1.165, 1.54) is 20.8 Å². The molecule has 3 fully saturated rings. The maximum absolute atomic E-state index is 10.6. The summed E-state index contributed by atoms with van der Waals surface area (Å²) in [4.78, 5) is 0. The minimum Gasteiger partial charge on any atom is -0.388 e. The molecule has 0 aromatic carbocycles. The van der Waals surface area contributed by atoms with Crippen molar-refractivity contribution in [2.75, 3.05) is 0 Å². The molecular weight excluding hydrogens is 424 g/mol. The van der Waals surface area contributed by atoms with Crippen molar-refractivity contribution >= 4 is 0 Å². The van der Waals surface area contributed by atoms with Crippen molar-refractivity contribution in [3.8, 4) is 0 Å². The van der Waals surface area contributed by atoms with E-state index in [0.717, 1.165) is 0 Å². The van der Waals surface area contributed by atoms with Gasteiger partial charge in [0.2, 0.25) is 0 Å². The molecule has 1 unspecified atom stereocenters. The van der Waals surface area contributed by atoms with Crippen LogP contribution in [0.15, 0.2) is 0 Å². The third-order valence-electron chi connectivity index (χ3n) is 5.98. The molecule has 3 aliphatic rings. The van der Waals surface area contributed by atoms with Crippen LogP contribution in [-0.4, -0.2) is 133 Å². The van der Waals surface area contributed by atoms with E-state index in [1.807, 2.05) is 0 Å². The van der Waals surface area contributed by atoms with E-state index < -0.39 is 92.1 Å². The molecule has 8 N–H and O–H groups in total. The molecule has 0 saturated carbocycles. The molecule has 0 aromatic rings. The van der Waals surface area contributed by atoms with Crippen molar-refractivity contribution < 1.29 is 64.5 Å². The molecule has 3 rings (SSSR count). The van der Waals surface area contributed by atoms with Crippen LogP contribution in [0.1, 0.15) is 20.8 Å². The second-order valence-electron chi connectivity index (χ2n) is 8.29. The van der Waals surface area contributed by atoms with E-state index in [2.05, 4.69) is 0 Å². The van der Waals surface area contributed by atoms with Gasteiger partial charge in [0.1, 0.15) is 54.9 Å². The third-order valence-corrected chi connectivity index (χ3v) is 5.98. The summed E-state index contributed by atoms with van der Waals surface area (Å²) in [5.74, 6) is 0. The quantitative estimate of drug-likeness (QED) is 0.201. The van der Waals surface area contributed by atoms with Crippen LogP contribution in [0.2, 0.25) is 0 Å². The van der Waals surface area contributed by atoms with Crippen molar-refractivity contribution in [3.05, 3.63) is 0 Å². The number of hydrogen-bond donors (Lipinski definition) is 8. The highest BCUT2D eigenvalue weighted by Crippen LogP contribution is 2.32. The summed E-state index contributed by atoms with van der Waals surface area (Å²) in [7, 11) is 0. The van der Waals surface area contributed by atoms with E-state index in [4.69, 9.17) is 23.7 Å². The van der Waals surface area contributed by atoms with E-state index >= 15 is 0 Å². The summed E-state index contributed by atoms with van der Waals surface area (Å²) in [5.41, 5.74) is 0. The van der Waals surface area contributed by atoms with Gasteiger partial charge in [-0.2, -0.15) is 0 Å². The predicted octanol–water partition coefficient (Wildman–Crippen LogP) is -4.49. The molecule has 3 aliphatic heterocycles. The summed E-state index contributed by atoms with van der Waals surface area (Å²) in [6, 6.07) is 0. The highest BCUT2D eigenvalue weighted by molar-refractivity contribution is 4.94. The van der Waals surface area contributed by atoms with Crippen LogP contribution >= 0.6 is 0 Å². The monoisotopic (exact) mass is 456 g/mol. The van der Waals surface area contributed by atoms with Crippen LogP contribution in [0, 0.1) is 0 Å². The SMILES string of the molecule is C[C@@H]1O[C@@H](O[C@H]2C(O)O[C@@H](C)[C@H](O)[C@H]2O[C@H]2O[C@@H](C)[C@@H](O)[C@@H](O)[C@@H]2O)[C@H](O)[C@H](O)[C@H]1O. The lowest BCUT2D eigenvalue weighted by molar-refractivity contribution is -0.382. The largest absolute Gasteiger partial charge is 0.388 e. The molecule has 0 amide bonds. The number of rotatable bonds is 4. The maximum Gasteiger partial charge on any atom is 0.187 e.